The second-order valence-electron chi connectivity index (χ2n) is 5.83. The predicted molar refractivity (Wildman–Crippen MR) is 94.6 cm³/mol. The number of nitrogens with one attached hydrogen (secondary N) is 1. The number of amides is 1. The third-order valence-corrected chi connectivity index (χ3v) is 3.99. The van der Waals surface area contributed by atoms with E-state index in [9.17, 15) is 4.79 Å². The van der Waals surface area contributed by atoms with Crippen molar-refractivity contribution in [3.05, 3.63) is 72.0 Å². The monoisotopic (exact) mass is 332 g/mol. The molecule has 0 unspecified atom stereocenters. The van der Waals surface area contributed by atoms with Crippen molar-refractivity contribution in [3.63, 3.8) is 0 Å². The standard InChI is InChI=1S/C19H16N4O2/c1-12-10-13(2)23-8-7-15(18(23)21-12)19(24)22-17-6-5-14(11-20-17)16-4-3-9-25-16/h3-11H,1-2H3,(H,20,22,24). The first-order valence-corrected chi connectivity index (χ1v) is 7.88. The Labute approximate surface area is 144 Å². The lowest BCUT2D eigenvalue weighted by atomic mass is 10.2. The number of carbonyl (C=O) groups excluding carboxylic acids is 1. The van der Waals surface area contributed by atoms with Gasteiger partial charge in [0.05, 0.1) is 11.8 Å². The quantitative estimate of drug-likeness (QED) is 0.618. The van der Waals surface area contributed by atoms with Gasteiger partial charge < -0.3 is 14.1 Å². The van der Waals surface area contributed by atoms with E-state index in [2.05, 4.69) is 15.3 Å². The average molecular weight is 332 g/mol. The van der Waals surface area contributed by atoms with Crippen LogP contribution in [0.4, 0.5) is 5.82 Å². The maximum Gasteiger partial charge on any atom is 0.260 e. The van der Waals surface area contributed by atoms with Gasteiger partial charge in [-0.1, -0.05) is 0 Å². The van der Waals surface area contributed by atoms with Crippen LogP contribution in [-0.4, -0.2) is 20.3 Å². The molecule has 0 fully saturated rings. The van der Waals surface area contributed by atoms with Crippen LogP contribution in [0.3, 0.4) is 0 Å². The summed E-state index contributed by atoms with van der Waals surface area (Å²) in [6.07, 6.45) is 5.12. The molecule has 124 valence electrons. The molecule has 1 amide bonds. The van der Waals surface area contributed by atoms with Gasteiger partial charge in [0.2, 0.25) is 0 Å². The summed E-state index contributed by atoms with van der Waals surface area (Å²) in [6.45, 7) is 3.90. The zero-order valence-electron chi connectivity index (χ0n) is 13.9. The van der Waals surface area contributed by atoms with Crippen molar-refractivity contribution in [2.45, 2.75) is 13.8 Å². The highest BCUT2D eigenvalue weighted by molar-refractivity contribution is 6.08. The van der Waals surface area contributed by atoms with Crippen molar-refractivity contribution in [1.82, 2.24) is 14.4 Å². The topological polar surface area (TPSA) is 72.4 Å². The zero-order valence-corrected chi connectivity index (χ0v) is 13.9. The fraction of sp³-hybridized carbons (Fsp3) is 0.105. The van der Waals surface area contributed by atoms with Gasteiger partial charge >= 0.3 is 0 Å². The average Bonchev–Trinajstić information content (AvgIpc) is 3.25. The fourth-order valence-corrected chi connectivity index (χ4v) is 2.81. The molecule has 0 atom stereocenters. The van der Waals surface area contributed by atoms with Crippen molar-refractivity contribution >= 4 is 17.4 Å². The van der Waals surface area contributed by atoms with E-state index in [0.717, 1.165) is 22.7 Å². The van der Waals surface area contributed by atoms with Gasteiger partial charge in [0.1, 0.15) is 17.2 Å². The normalized spacial score (nSPS) is 11.0. The van der Waals surface area contributed by atoms with Gasteiger partial charge in [0, 0.05) is 29.3 Å². The molecule has 0 aliphatic heterocycles. The number of carbonyl (C=O) groups is 1. The summed E-state index contributed by atoms with van der Waals surface area (Å²) in [5.74, 6) is 0.973. The Morgan fingerprint density at radius 2 is 2.08 bits per heavy atom. The van der Waals surface area contributed by atoms with E-state index >= 15 is 0 Å². The second kappa shape index (κ2) is 5.90. The van der Waals surface area contributed by atoms with Crippen LogP contribution in [0.5, 0.6) is 0 Å². The van der Waals surface area contributed by atoms with Crippen LogP contribution in [0.25, 0.3) is 17.0 Å². The van der Waals surface area contributed by atoms with E-state index in [1.807, 2.05) is 48.7 Å². The third kappa shape index (κ3) is 2.78. The molecule has 0 bridgehead atoms. The number of hydrogen-bond donors (Lipinski definition) is 1. The number of hydrogen-bond acceptors (Lipinski definition) is 4. The van der Waals surface area contributed by atoms with E-state index in [0.29, 0.717) is 17.0 Å². The van der Waals surface area contributed by atoms with Gasteiger partial charge in [-0.15, -0.1) is 0 Å². The second-order valence-corrected chi connectivity index (χ2v) is 5.83. The molecule has 4 aromatic rings. The van der Waals surface area contributed by atoms with Crippen molar-refractivity contribution in [3.8, 4) is 11.3 Å². The molecule has 0 aliphatic rings. The lowest BCUT2D eigenvalue weighted by Gasteiger charge is -2.06. The van der Waals surface area contributed by atoms with Gasteiger partial charge in [-0.05, 0) is 50.2 Å². The number of furan rings is 1. The molecule has 25 heavy (non-hydrogen) atoms. The highest BCUT2D eigenvalue weighted by atomic mass is 16.3. The van der Waals surface area contributed by atoms with E-state index in [4.69, 9.17) is 4.42 Å². The van der Waals surface area contributed by atoms with Crippen LogP contribution in [0.1, 0.15) is 21.7 Å². The number of anilines is 1. The predicted octanol–water partition coefficient (Wildman–Crippen LogP) is 3.86. The van der Waals surface area contributed by atoms with E-state index < -0.39 is 0 Å². The molecule has 0 saturated heterocycles. The summed E-state index contributed by atoms with van der Waals surface area (Å²) in [4.78, 5) is 21.4. The van der Waals surface area contributed by atoms with Gasteiger partial charge in [0.25, 0.3) is 5.91 Å². The molecule has 4 rings (SSSR count). The Morgan fingerprint density at radius 3 is 2.80 bits per heavy atom. The van der Waals surface area contributed by atoms with Crippen LogP contribution < -0.4 is 5.32 Å². The largest absolute Gasteiger partial charge is 0.464 e. The number of pyridine rings is 1. The highest BCUT2D eigenvalue weighted by Crippen LogP contribution is 2.20. The minimum atomic E-state index is -0.238. The maximum absolute atomic E-state index is 12.6. The van der Waals surface area contributed by atoms with Crippen LogP contribution in [0.2, 0.25) is 0 Å². The fourth-order valence-electron chi connectivity index (χ4n) is 2.81. The molecule has 0 radical (unpaired) electrons. The molecule has 0 aliphatic carbocycles. The lowest BCUT2D eigenvalue weighted by molar-refractivity contribution is 0.102. The molecule has 1 N–H and O–H groups in total. The summed E-state index contributed by atoms with van der Waals surface area (Å²) in [7, 11) is 0. The first-order chi connectivity index (χ1) is 12.1. The van der Waals surface area contributed by atoms with Crippen LogP contribution >= 0.6 is 0 Å². The van der Waals surface area contributed by atoms with Crippen molar-refractivity contribution in [2.24, 2.45) is 0 Å². The van der Waals surface area contributed by atoms with Crippen molar-refractivity contribution in [1.29, 1.82) is 0 Å². The molecule has 0 aromatic carbocycles. The first kappa shape index (κ1) is 15.1. The Kier molecular flexibility index (Phi) is 3.57. The molecule has 4 heterocycles. The SMILES string of the molecule is Cc1cc(C)n2ccc(C(=O)Nc3ccc(-c4ccco4)cn3)c2n1. The molecule has 4 aromatic heterocycles. The summed E-state index contributed by atoms with van der Waals surface area (Å²) in [5.41, 5.74) is 3.91. The molecule has 6 heteroatoms. The first-order valence-electron chi connectivity index (χ1n) is 7.88. The Hall–Kier alpha value is -3.41. The number of fused-ring (bicyclic) bond motifs is 1. The van der Waals surface area contributed by atoms with Gasteiger partial charge in [0.15, 0.2) is 0 Å². The third-order valence-electron chi connectivity index (χ3n) is 3.99. The Balaban J connectivity index is 1.60. The van der Waals surface area contributed by atoms with E-state index in [1.54, 1.807) is 24.6 Å². The zero-order chi connectivity index (χ0) is 17.4. The maximum atomic E-state index is 12.6. The minimum absolute atomic E-state index is 0.238. The molecular formula is C19H16N4O2. The van der Waals surface area contributed by atoms with E-state index in [1.165, 1.54) is 0 Å². The van der Waals surface area contributed by atoms with Crippen molar-refractivity contribution in [2.75, 3.05) is 5.32 Å². The van der Waals surface area contributed by atoms with Gasteiger partial charge in [-0.2, -0.15) is 0 Å². The highest BCUT2D eigenvalue weighted by Gasteiger charge is 2.15. The smallest absolute Gasteiger partial charge is 0.260 e. The number of nitrogens with zero attached hydrogens (tertiary/aromatic N) is 3. The molecule has 0 spiro atoms. The molecular weight excluding hydrogens is 316 g/mol. The summed E-state index contributed by atoms with van der Waals surface area (Å²) in [6, 6.07) is 11.0. The molecule has 0 saturated carbocycles. The summed E-state index contributed by atoms with van der Waals surface area (Å²) >= 11 is 0. The lowest BCUT2D eigenvalue weighted by Crippen LogP contribution is -2.13. The van der Waals surface area contributed by atoms with Gasteiger partial charge in [-0.25, -0.2) is 9.97 Å². The van der Waals surface area contributed by atoms with E-state index in [-0.39, 0.29) is 5.91 Å². The Morgan fingerprint density at radius 1 is 1.20 bits per heavy atom. The Bertz CT molecular complexity index is 1050. The summed E-state index contributed by atoms with van der Waals surface area (Å²) < 4.78 is 7.23. The number of rotatable bonds is 3. The van der Waals surface area contributed by atoms with Crippen LogP contribution in [0, 0.1) is 13.8 Å². The number of aryl methyl sites for hydroxylation is 2. The van der Waals surface area contributed by atoms with Crippen LogP contribution in [-0.2, 0) is 0 Å². The van der Waals surface area contributed by atoms with Gasteiger partial charge in [-0.3, -0.25) is 4.79 Å². The summed E-state index contributed by atoms with van der Waals surface area (Å²) in [5, 5.41) is 2.81. The number of aromatic nitrogens is 3. The minimum Gasteiger partial charge on any atom is -0.464 e. The van der Waals surface area contributed by atoms with Crippen LogP contribution in [0.15, 0.2) is 59.5 Å². The molecule has 6 nitrogen and oxygen atoms in total. The van der Waals surface area contributed by atoms with Crippen molar-refractivity contribution < 1.29 is 9.21 Å².